The molecule has 1 aliphatic heterocycles. The molecular formula is C20H18ClN5O2. The number of halogens is 1. The third kappa shape index (κ3) is 3.14. The number of aromatic nitrogens is 3. The number of fused-ring (bicyclic) bond motifs is 1. The van der Waals surface area contributed by atoms with Crippen LogP contribution in [0.25, 0.3) is 5.69 Å². The van der Waals surface area contributed by atoms with Gasteiger partial charge in [0.25, 0.3) is 5.91 Å². The Balaban J connectivity index is 1.72. The number of hydrogen-bond acceptors (Lipinski definition) is 4. The fourth-order valence-corrected chi connectivity index (χ4v) is 3.67. The normalized spacial score (nSPS) is 13.3. The summed E-state index contributed by atoms with van der Waals surface area (Å²) in [6.45, 7) is 2.28. The Morgan fingerprint density at radius 2 is 1.93 bits per heavy atom. The summed E-state index contributed by atoms with van der Waals surface area (Å²) < 4.78 is 0. The number of benzene rings is 2. The minimum atomic E-state index is -0.491. The van der Waals surface area contributed by atoms with Crippen LogP contribution in [0.3, 0.4) is 0 Å². The van der Waals surface area contributed by atoms with Gasteiger partial charge in [-0.15, -0.1) is 5.10 Å². The van der Waals surface area contributed by atoms with E-state index in [1.165, 1.54) is 4.80 Å². The number of carbonyl (C=O) groups excluding carboxylic acids is 2. The van der Waals surface area contributed by atoms with Gasteiger partial charge in [0.15, 0.2) is 5.69 Å². The molecule has 2 N–H and O–H groups in total. The summed E-state index contributed by atoms with van der Waals surface area (Å²) in [6, 6.07) is 12.4. The first kappa shape index (κ1) is 18.2. The number of amides is 2. The van der Waals surface area contributed by atoms with Crippen LogP contribution in [0.15, 0.2) is 42.5 Å². The van der Waals surface area contributed by atoms with E-state index in [-0.39, 0.29) is 11.6 Å². The van der Waals surface area contributed by atoms with Gasteiger partial charge >= 0.3 is 0 Å². The van der Waals surface area contributed by atoms with Crippen LogP contribution in [0.2, 0.25) is 5.02 Å². The molecule has 0 atom stereocenters. The number of aryl methyl sites for hydroxylation is 1. The summed E-state index contributed by atoms with van der Waals surface area (Å²) in [6.07, 6.45) is 1.44. The van der Waals surface area contributed by atoms with Crippen molar-refractivity contribution >= 4 is 29.1 Å². The van der Waals surface area contributed by atoms with Gasteiger partial charge in [0.1, 0.15) is 0 Å². The molecule has 2 heterocycles. The Kier molecular flexibility index (Phi) is 4.60. The SMILES string of the molecule is Cc1nn(-c2cccc(Cl)c2)nc1C(=O)N1CCCc2c(C(N)=O)cccc21. The average Bonchev–Trinajstić information content (AvgIpc) is 3.08. The summed E-state index contributed by atoms with van der Waals surface area (Å²) in [5, 5.41) is 9.32. The Morgan fingerprint density at radius 1 is 1.14 bits per heavy atom. The highest BCUT2D eigenvalue weighted by Crippen LogP contribution is 2.31. The van der Waals surface area contributed by atoms with Gasteiger partial charge in [0.2, 0.25) is 5.91 Å². The van der Waals surface area contributed by atoms with Crippen LogP contribution >= 0.6 is 11.6 Å². The van der Waals surface area contributed by atoms with Crippen LogP contribution in [-0.4, -0.2) is 33.4 Å². The molecule has 0 saturated heterocycles. The van der Waals surface area contributed by atoms with Crippen LogP contribution < -0.4 is 10.6 Å². The van der Waals surface area contributed by atoms with Gasteiger partial charge in [-0.05, 0) is 55.7 Å². The highest BCUT2D eigenvalue weighted by Gasteiger charge is 2.29. The number of carbonyl (C=O) groups is 2. The summed E-state index contributed by atoms with van der Waals surface area (Å²) in [7, 11) is 0. The van der Waals surface area contributed by atoms with Crippen molar-refractivity contribution in [2.45, 2.75) is 19.8 Å². The standard InChI is InChI=1S/C20H18ClN5O2/c1-12-18(24-26(23-12)14-6-2-5-13(21)11-14)20(28)25-10-4-8-15-16(19(22)27)7-3-9-17(15)25/h2-3,5-7,9,11H,4,8,10H2,1H3,(H2,22,27). The minimum absolute atomic E-state index is 0.256. The summed E-state index contributed by atoms with van der Waals surface area (Å²) in [5.74, 6) is -0.748. The molecular weight excluding hydrogens is 378 g/mol. The third-order valence-electron chi connectivity index (χ3n) is 4.79. The summed E-state index contributed by atoms with van der Waals surface area (Å²) in [4.78, 5) is 28.0. The van der Waals surface area contributed by atoms with Gasteiger partial charge in [-0.25, -0.2) is 0 Å². The molecule has 0 bridgehead atoms. The molecule has 4 rings (SSSR count). The average molecular weight is 396 g/mol. The molecule has 3 aromatic rings. The highest BCUT2D eigenvalue weighted by atomic mass is 35.5. The monoisotopic (exact) mass is 395 g/mol. The molecule has 1 aliphatic rings. The molecule has 1 aromatic heterocycles. The van der Waals surface area contributed by atoms with Crippen molar-refractivity contribution in [2.75, 3.05) is 11.4 Å². The van der Waals surface area contributed by atoms with E-state index in [0.717, 1.165) is 12.0 Å². The number of anilines is 1. The van der Waals surface area contributed by atoms with Crippen molar-refractivity contribution in [1.29, 1.82) is 0 Å². The van der Waals surface area contributed by atoms with Crippen LogP contribution in [0.5, 0.6) is 0 Å². The molecule has 0 fully saturated rings. The molecule has 8 heteroatoms. The summed E-state index contributed by atoms with van der Waals surface area (Å²) in [5.41, 5.74) is 8.90. The van der Waals surface area contributed by atoms with Crippen LogP contribution in [0.4, 0.5) is 5.69 Å². The summed E-state index contributed by atoms with van der Waals surface area (Å²) >= 11 is 6.04. The predicted octanol–water partition coefficient (Wildman–Crippen LogP) is 2.92. The van der Waals surface area contributed by atoms with Gasteiger partial charge in [-0.3, -0.25) is 9.59 Å². The van der Waals surface area contributed by atoms with E-state index in [9.17, 15) is 9.59 Å². The van der Waals surface area contributed by atoms with Crippen LogP contribution in [0, 0.1) is 6.92 Å². The fourth-order valence-electron chi connectivity index (χ4n) is 3.49. The lowest BCUT2D eigenvalue weighted by atomic mass is 9.95. The maximum Gasteiger partial charge on any atom is 0.280 e. The van der Waals surface area contributed by atoms with Gasteiger partial charge in [-0.2, -0.15) is 9.90 Å². The zero-order chi connectivity index (χ0) is 19.8. The zero-order valence-corrected chi connectivity index (χ0v) is 16.0. The maximum atomic E-state index is 13.2. The molecule has 0 radical (unpaired) electrons. The van der Waals surface area contributed by atoms with E-state index >= 15 is 0 Å². The van der Waals surface area contributed by atoms with Crippen molar-refractivity contribution in [2.24, 2.45) is 5.73 Å². The molecule has 142 valence electrons. The fraction of sp³-hybridized carbons (Fsp3) is 0.200. The van der Waals surface area contributed by atoms with Gasteiger partial charge in [0.05, 0.1) is 11.4 Å². The first-order valence-electron chi connectivity index (χ1n) is 8.89. The van der Waals surface area contributed by atoms with E-state index in [1.54, 1.807) is 42.2 Å². The topological polar surface area (TPSA) is 94.1 Å². The lowest BCUT2D eigenvalue weighted by molar-refractivity contribution is 0.0973. The molecule has 0 spiro atoms. The third-order valence-corrected chi connectivity index (χ3v) is 5.02. The molecule has 7 nitrogen and oxygen atoms in total. The van der Waals surface area contributed by atoms with E-state index in [0.29, 0.717) is 40.6 Å². The highest BCUT2D eigenvalue weighted by molar-refractivity contribution is 6.30. The number of nitrogens with two attached hydrogens (primary N) is 1. The van der Waals surface area contributed by atoms with E-state index in [1.807, 2.05) is 12.1 Å². The van der Waals surface area contributed by atoms with Crippen molar-refractivity contribution in [3.8, 4) is 5.69 Å². The van der Waals surface area contributed by atoms with E-state index in [2.05, 4.69) is 10.2 Å². The second-order valence-electron chi connectivity index (χ2n) is 6.63. The maximum absolute atomic E-state index is 13.2. The van der Waals surface area contributed by atoms with Gasteiger partial charge < -0.3 is 10.6 Å². The van der Waals surface area contributed by atoms with E-state index < -0.39 is 5.91 Å². The van der Waals surface area contributed by atoms with Crippen molar-refractivity contribution in [3.63, 3.8) is 0 Å². The van der Waals surface area contributed by atoms with E-state index in [4.69, 9.17) is 17.3 Å². The second-order valence-corrected chi connectivity index (χ2v) is 7.07. The smallest absolute Gasteiger partial charge is 0.280 e. The number of rotatable bonds is 3. The largest absolute Gasteiger partial charge is 0.366 e. The van der Waals surface area contributed by atoms with Crippen molar-refractivity contribution in [1.82, 2.24) is 15.0 Å². The second kappa shape index (κ2) is 7.09. The van der Waals surface area contributed by atoms with Crippen LogP contribution in [0.1, 0.15) is 38.5 Å². The quantitative estimate of drug-likeness (QED) is 0.737. The number of nitrogens with zero attached hydrogens (tertiary/aromatic N) is 4. The Labute approximate surface area is 166 Å². The first-order valence-corrected chi connectivity index (χ1v) is 9.27. The van der Waals surface area contributed by atoms with Crippen LogP contribution in [-0.2, 0) is 6.42 Å². The van der Waals surface area contributed by atoms with Gasteiger partial charge in [0, 0.05) is 22.8 Å². The zero-order valence-electron chi connectivity index (χ0n) is 15.2. The molecule has 2 amide bonds. The van der Waals surface area contributed by atoms with Gasteiger partial charge in [-0.1, -0.05) is 23.7 Å². The lowest BCUT2D eigenvalue weighted by Crippen LogP contribution is -2.37. The Morgan fingerprint density at radius 3 is 2.68 bits per heavy atom. The Bertz CT molecular complexity index is 1090. The molecule has 2 aromatic carbocycles. The predicted molar refractivity (Wildman–Crippen MR) is 106 cm³/mol. The minimum Gasteiger partial charge on any atom is -0.366 e. The Hall–Kier alpha value is -3.19. The first-order chi connectivity index (χ1) is 13.5. The van der Waals surface area contributed by atoms with Crippen molar-refractivity contribution < 1.29 is 9.59 Å². The molecule has 28 heavy (non-hydrogen) atoms. The molecule has 0 unspecified atom stereocenters. The number of hydrogen-bond donors (Lipinski definition) is 1. The van der Waals surface area contributed by atoms with Crippen molar-refractivity contribution in [3.05, 3.63) is 70.0 Å². The molecule has 0 aliphatic carbocycles. The number of primary amides is 1. The lowest BCUT2D eigenvalue weighted by Gasteiger charge is -2.30. The molecule has 0 saturated carbocycles.